The average molecular weight is 343 g/mol. The van der Waals surface area contributed by atoms with E-state index in [9.17, 15) is 14.4 Å². The van der Waals surface area contributed by atoms with Crippen LogP contribution in [-0.4, -0.2) is 40.5 Å². The number of rotatable bonds is 6. The summed E-state index contributed by atoms with van der Waals surface area (Å²) >= 11 is 0. The van der Waals surface area contributed by atoms with Crippen molar-refractivity contribution >= 4 is 23.5 Å². The van der Waals surface area contributed by atoms with Crippen LogP contribution in [0.15, 0.2) is 30.5 Å². The zero-order valence-electron chi connectivity index (χ0n) is 14.3. The van der Waals surface area contributed by atoms with Gasteiger partial charge in [-0.1, -0.05) is 18.2 Å². The molecule has 1 heterocycles. The van der Waals surface area contributed by atoms with Gasteiger partial charge < -0.3 is 16.0 Å². The lowest BCUT2D eigenvalue weighted by Gasteiger charge is -2.10. The second-order valence-corrected chi connectivity index (χ2v) is 5.83. The monoisotopic (exact) mass is 343 g/mol. The molecule has 0 aliphatic heterocycles. The highest BCUT2D eigenvalue weighted by molar-refractivity contribution is 6.04. The zero-order valence-corrected chi connectivity index (χ0v) is 14.3. The van der Waals surface area contributed by atoms with Gasteiger partial charge in [0.15, 0.2) is 0 Å². The standard InChI is InChI=1S/C17H21N5O3/c1-10(2)20-17(25)13-8-19-22-15(13)21-14(23)9-18-16(24)12-7-5-4-6-11(12)3/h4-8,10H,9H2,1-3H3,(H,18,24)(H,20,25)(H2,19,21,22,23). The molecule has 0 fully saturated rings. The first kappa shape index (κ1) is 18.2. The Labute approximate surface area is 145 Å². The molecule has 1 aromatic carbocycles. The van der Waals surface area contributed by atoms with Crippen molar-refractivity contribution < 1.29 is 14.4 Å². The molecule has 0 aliphatic rings. The van der Waals surface area contributed by atoms with E-state index < -0.39 is 5.91 Å². The van der Waals surface area contributed by atoms with Crippen LogP contribution in [0.2, 0.25) is 0 Å². The quantitative estimate of drug-likeness (QED) is 0.631. The molecule has 0 saturated heterocycles. The maximum absolute atomic E-state index is 12.1. The van der Waals surface area contributed by atoms with Crippen LogP contribution in [0.4, 0.5) is 5.82 Å². The number of benzene rings is 1. The Bertz CT molecular complexity index is 782. The fourth-order valence-corrected chi connectivity index (χ4v) is 2.16. The van der Waals surface area contributed by atoms with Crippen molar-refractivity contribution in [3.05, 3.63) is 47.2 Å². The Morgan fingerprint density at radius 2 is 1.84 bits per heavy atom. The molecule has 0 aliphatic carbocycles. The molecular weight excluding hydrogens is 322 g/mol. The van der Waals surface area contributed by atoms with Crippen LogP contribution in [0, 0.1) is 6.92 Å². The highest BCUT2D eigenvalue weighted by Gasteiger charge is 2.17. The molecule has 8 heteroatoms. The summed E-state index contributed by atoms with van der Waals surface area (Å²) in [5, 5.41) is 14.1. The van der Waals surface area contributed by atoms with E-state index in [0.29, 0.717) is 5.56 Å². The minimum absolute atomic E-state index is 0.0423. The first-order chi connectivity index (χ1) is 11.9. The summed E-state index contributed by atoms with van der Waals surface area (Å²) in [6.07, 6.45) is 1.33. The third-order valence-corrected chi connectivity index (χ3v) is 3.37. The van der Waals surface area contributed by atoms with Gasteiger partial charge in [0, 0.05) is 11.6 Å². The summed E-state index contributed by atoms with van der Waals surface area (Å²) in [4.78, 5) is 36.1. The summed E-state index contributed by atoms with van der Waals surface area (Å²) in [6.45, 7) is 5.26. The van der Waals surface area contributed by atoms with Gasteiger partial charge in [-0.3, -0.25) is 19.5 Å². The molecule has 0 saturated carbocycles. The molecule has 0 radical (unpaired) electrons. The highest BCUT2D eigenvalue weighted by Crippen LogP contribution is 2.11. The van der Waals surface area contributed by atoms with E-state index in [1.54, 1.807) is 12.1 Å². The molecule has 0 atom stereocenters. The minimum atomic E-state index is -0.468. The molecular formula is C17H21N5O3. The van der Waals surface area contributed by atoms with E-state index in [2.05, 4.69) is 26.1 Å². The summed E-state index contributed by atoms with van der Waals surface area (Å²) in [5.74, 6) is -0.961. The van der Waals surface area contributed by atoms with Crippen LogP contribution in [-0.2, 0) is 4.79 Å². The second kappa shape index (κ2) is 8.09. The Morgan fingerprint density at radius 3 is 2.52 bits per heavy atom. The molecule has 4 N–H and O–H groups in total. The smallest absolute Gasteiger partial charge is 0.256 e. The molecule has 8 nitrogen and oxygen atoms in total. The minimum Gasteiger partial charge on any atom is -0.350 e. The highest BCUT2D eigenvalue weighted by atomic mass is 16.2. The fraction of sp³-hybridized carbons (Fsp3) is 0.294. The van der Waals surface area contributed by atoms with Crippen molar-refractivity contribution in [1.29, 1.82) is 0 Å². The normalized spacial score (nSPS) is 10.4. The van der Waals surface area contributed by atoms with E-state index in [4.69, 9.17) is 0 Å². The van der Waals surface area contributed by atoms with Crippen molar-refractivity contribution in [3.8, 4) is 0 Å². The van der Waals surface area contributed by atoms with E-state index in [-0.39, 0.29) is 35.8 Å². The van der Waals surface area contributed by atoms with Crippen molar-refractivity contribution in [2.24, 2.45) is 0 Å². The van der Waals surface area contributed by atoms with Gasteiger partial charge in [-0.25, -0.2) is 0 Å². The first-order valence-corrected chi connectivity index (χ1v) is 7.86. The second-order valence-electron chi connectivity index (χ2n) is 5.83. The van der Waals surface area contributed by atoms with Gasteiger partial charge in [0.1, 0.15) is 11.4 Å². The lowest BCUT2D eigenvalue weighted by atomic mass is 10.1. The lowest BCUT2D eigenvalue weighted by molar-refractivity contribution is -0.115. The number of nitrogens with zero attached hydrogens (tertiary/aromatic N) is 1. The van der Waals surface area contributed by atoms with Crippen molar-refractivity contribution in [2.45, 2.75) is 26.8 Å². The predicted octanol–water partition coefficient (Wildman–Crippen LogP) is 1.22. The Hall–Kier alpha value is -3.16. The molecule has 0 unspecified atom stereocenters. The zero-order chi connectivity index (χ0) is 18.4. The van der Waals surface area contributed by atoms with E-state index >= 15 is 0 Å². The van der Waals surface area contributed by atoms with Crippen LogP contribution in [0.25, 0.3) is 0 Å². The Balaban J connectivity index is 1.93. The Kier molecular flexibility index (Phi) is 5.89. The molecule has 2 rings (SSSR count). The molecule has 2 aromatic rings. The van der Waals surface area contributed by atoms with Gasteiger partial charge in [0.2, 0.25) is 5.91 Å². The number of aromatic nitrogens is 2. The third kappa shape index (κ3) is 4.90. The largest absolute Gasteiger partial charge is 0.350 e. The number of hydrogen-bond acceptors (Lipinski definition) is 4. The number of hydrogen-bond donors (Lipinski definition) is 4. The predicted molar refractivity (Wildman–Crippen MR) is 93.3 cm³/mol. The number of aromatic amines is 1. The Morgan fingerprint density at radius 1 is 1.12 bits per heavy atom. The van der Waals surface area contributed by atoms with Gasteiger partial charge in [0.25, 0.3) is 11.8 Å². The van der Waals surface area contributed by atoms with Crippen LogP contribution in [0.3, 0.4) is 0 Å². The molecule has 0 spiro atoms. The van der Waals surface area contributed by atoms with Crippen LogP contribution in [0.5, 0.6) is 0 Å². The van der Waals surface area contributed by atoms with Crippen LogP contribution >= 0.6 is 0 Å². The lowest BCUT2D eigenvalue weighted by Crippen LogP contribution is -2.34. The van der Waals surface area contributed by atoms with Crippen LogP contribution in [0.1, 0.15) is 40.1 Å². The SMILES string of the molecule is Cc1ccccc1C(=O)NCC(=O)Nc1[nH]ncc1C(=O)NC(C)C. The molecule has 3 amide bonds. The summed E-state index contributed by atoms with van der Waals surface area (Å²) < 4.78 is 0. The number of nitrogens with one attached hydrogen (secondary N) is 4. The summed E-state index contributed by atoms with van der Waals surface area (Å²) in [7, 11) is 0. The fourth-order valence-electron chi connectivity index (χ4n) is 2.16. The van der Waals surface area contributed by atoms with Gasteiger partial charge in [-0.2, -0.15) is 5.10 Å². The van der Waals surface area contributed by atoms with Crippen LogP contribution < -0.4 is 16.0 Å². The van der Waals surface area contributed by atoms with Crippen molar-refractivity contribution in [2.75, 3.05) is 11.9 Å². The average Bonchev–Trinajstić information content (AvgIpc) is 3.00. The number of carbonyl (C=O) groups is 3. The number of carbonyl (C=O) groups excluding carboxylic acids is 3. The van der Waals surface area contributed by atoms with Gasteiger partial charge in [-0.05, 0) is 32.4 Å². The molecule has 1 aromatic heterocycles. The number of aryl methyl sites for hydroxylation is 1. The number of H-pyrrole nitrogens is 1. The summed E-state index contributed by atoms with van der Waals surface area (Å²) in [5.41, 5.74) is 1.56. The van der Waals surface area contributed by atoms with Crippen molar-refractivity contribution in [1.82, 2.24) is 20.8 Å². The molecule has 0 bridgehead atoms. The number of anilines is 1. The maximum atomic E-state index is 12.1. The third-order valence-electron chi connectivity index (χ3n) is 3.37. The van der Waals surface area contributed by atoms with E-state index in [1.807, 2.05) is 32.9 Å². The van der Waals surface area contributed by atoms with Gasteiger partial charge in [0.05, 0.1) is 12.7 Å². The van der Waals surface area contributed by atoms with Gasteiger partial charge in [-0.15, -0.1) is 0 Å². The van der Waals surface area contributed by atoms with E-state index in [0.717, 1.165) is 5.56 Å². The number of amides is 3. The van der Waals surface area contributed by atoms with Crippen molar-refractivity contribution in [3.63, 3.8) is 0 Å². The summed E-state index contributed by atoms with van der Waals surface area (Å²) in [6, 6.07) is 7.05. The molecule has 25 heavy (non-hydrogen) atoms. The van der Waals surface area contributed by atoms with Gasteiger partial charge >= 0.3 is 0 Å². The first-order valence-electron chi connectivity index (χ1n) is 7.86. The van der Waals surface area contributed by atoms with E-state index in [1.165, 1.54) is 6.20 Å². The topological polar surface area (TPSA) is 116 Å². The maximum Gasteiger partial charge on any atom is 0.256 e. The molecule has 132 valence electrons.